The fourth-order valence-electron chi connectivity index (χ4n) is 2.19. The first-order chi connectivity index (χ1) is 11.1. The molecule has 0 aliphatic heterocycles. The highest BCUT2D eigenvalue weighted by molar-refractivity contribution is 6.32. The lowest BCUT2D eigenvalue weighted by Gasteiger charge is -2.17. The lowest BCUT2D eigenvalue weighted by Crippen LogP contribution is -2.13. The van der Waals surface area contributed by atoms with Crippen molar-refractivity contribution in [2.75, 3.05) is 6.61 Å². The molecule has 2 rings (SSSR count). The lowest BCUT2D eigenvalue weighted by molar-refractivity contribution is 0.224. The molecule has 0 aliphatic rings. The van der Waals surface area contributed by atoms with Gasteiger partial charge in [0, 0.05) is 25.5 Å². The minimum atomic E-state index is 0.0428. The Kier molecular flexibility index (Phi) is 6.68. The fourth-order valence-corrected chi connectivity index (χ4v) is 2.47. The van der Waals surface area contributed by atoms with Gasteiger partial charge in [-0.15, -0.1) is 0 Å². The molecule has 0 fully saturated rings. The van der Waals surface area contributed by atoms with Gasteiger partial charge in [-0.3, -0.25) is 4.98 Å². The Bertz CT molecular complexity index is 618. The number of nitrogens with one attached hydrogen (secondary N) is 1. The van der Waals surface area contributed by atoms with Gasteiger partial charge in [-0.1, -0.05) is 17.7 Å². The summed E-state index contributed by atoms with van der Waals surface area (Å²) in [7, 11) is 0. The van der Waals surface area contributed by atoms with Gasteiger partial charge in [0.05, 0.1) is 17.7 Å². The highest BCUT2D eigenvalue weighted by Crippen LogP contribution is 2.37. The molecular weight excluding hydrogens is 312 g/mol. The Balaban J connectivity index is 2.06. The highest BCUT2D eigenvalue weighted by atomic mass is 35.5. The van der Waals surface area contributed by atoms with Crippen molar-refractivity contribution < 1.29 is 9.47 Å². The number of nitrogens with zero attached hydrogens (tertiary/aromatic N) is 1. The summed E-state index contributed by atoms with van der Waals surface area (Å²) >= 11 is 6.37. The third-order valence-electron chi connectivity index (χ3n) is 3.10. The molecule has 2 aromatic rings. The molecule has 0 radical (unpaired) electrons. The second-order valence-corrected chi connectivity index (χ2v) is 5.88. The third-order valence-corrected chi connectivity index (χ3v) is 3.38. The predicted octanol–water partition coefficient (Wildman–Crippen LogP) is 4.21. The number of halogens is 1. The van der Waals surface area contributed by atoms with Crippen LogP contribution in [0.4, 0.5) is 0 Å². The minimum absolute atomic E-state index is 0.0428. The molecule has 0 saturated heterocycles. The van der Waals surface area contributed by atoms with Crippen LogP contribution >= 0.6 is 11.6 Å². The van der Waals surface area contributed by atoms with Gasteiger partial charge in [0.2, 0.25) is 0 Å². The molecule has 1 N–H and O–H groups in total. The summed E-state index contributed by atoms with van der Waals surface area (Å²) in [6.45, 7) is 7.89. The first kappa shape index (κ1) is 17.6. The van der Waals surface area contributed by atoms with Gasteiger partial charge >= 0.3 is 0 Å². The second-order valence-electron chi connectivity index (χ2n) is 5.47. The number of aromatic nitrogens is 1. The van der Waals surface area contributed by atoms with Crippen LogP contribution in [0.15, 0.2) is 36.7 Å². The van der Waals surface area contributed by atoms with Crippen molar-refractivity contribution in [3.63, 3.8) is 0 Å². The van der Waals surface area contributed by atoms with E-state index in [-0.39, 0.29) is 6.10 Å². The van der Waals surface area contributed by atoms with Crippen molar-refractivity contribution >= 4 is 11.6 Å². The Labute approximate surface area is 142 Å². The zero-order valence-corrected chi connectivity index (χ0v) is 14.6. The summed E-state index contributed by atoms with van der Waals surface area (Å²) in [5.74, 6) is 1.30. The van der Waals surface area contributed by atoms with E-state index in [1.54, 1.807) is 6.20 Å². The van der Waals surface area contributed by atoms with E-state index in [4.69, 9.17) is 21.1 Å². The van der Waals surface area contributed by atoms with E-state index in [9.17, 15) is 0 Å². The van der Waals surface area contributed by atoms with Gasteiger partial charge in [0.25, 0.3) is 0 Å². The van der Waals surface area contributed by atoms with Crippen LogP contribution in [0.5, 0.6) is 11.5 Å². The van der Waals surface area contributed by atoms with Gasteiger partial charge in [-0.05, 0) is 50.1 Å². The quantitative estimate of drug-likeness (QED) is 0.785. The molecule has 0 saturated carbocycles. The zero-order valence-electron chi connectivity index (χ0n) is 13.8. The molecule has 1 aromatic carbocycles. The van der Waals surface area contributed by atoms with Crippen LogP contribution in [-0.4, -0.2) is 17.7 Å². The van der Waals surface area contributed by atoms with Crippen molar-refractivity contribution in [1.29, 1.82) is 0 Å². The van der Waals surface area contributed by atoms with Crippen LogP contribution in [0.2, 0.25) is 5.02 Å². The number of rotatable bonds is 8. The van der Waals surface area contributed by atoms with Gasteiger partial charge in [-0.2, -0.15) is 0 Å². The molecule has 0 aliphatic carbocycles. The molecule has 0 bridgehead atoms. The molecule has 0 atom stereocenters. The average molecular weight is 335 g/mol. The SMILES string of the molecule is CCOc1cc(CNCc2cccnc2)cc(Cl)c1OC(C)C. The van der Waals surface area contributed by atoms with E-state index in [2.05, 4.69) is 10.3 Å². The maximum absolute atomic E-state index is 6.37. The smallest absolute Gasteiger partial charge is 0.180 e. The van der Waals surface area contributed by atoms with Crippen molar-refractivity contribution in [1.82, 2.24) is 10.3 Å². The minimum Gasteiger partial charge on any atom is -0.490 e. The van der Waals surface area contributed by atoms with Crippen molar-refractivity contribution in [3.8, 4) is 11.5 Å². The van der Waals surface area contributed by atoms with Crippen LogP contribution in [0, 0.1) is 0 Å². The number of hydrogen-bond donors (Lipinski definition) is 1. The molecule has 124 valence electrons. The van der Waals surface area contributed by atoms with Crippen molar-refractivity contribution in [3.05, 3.63) is 52.8 Å². The summed E-state index contributed by atoms with van der Waals surface area (Å²) in [5, 5.41) is 3.95. The predicted molar refractivity (Wildman–Crippen MR) is 93.2 cm³/mol. The Morgan fingerprint density at radius 2 is 2.00 bits per heavy atom. The summed E-state index contributed by atoms with van der Waals surface area (Å²) in [5.41, 5.74) is 2.20. The van der Waals surface area contributed by atoms with Gasteiger partial charge in [0.1, 0.15) is 0 Å². The van der Waals surface area contributed by atoms with E-state index in [0.29, 0.717) is 29.7 Å². The standard InChI is InChI=1S/C18H23ClN2O2/c1-4-22-17-9-15(8-16(19)18(17)23-13(2)3)12-21-11-14-6-5-7-20-10-14/h5-10,13,21H,4,11-12H2,1-3H3. The second kappa shape index (κ2) is 8.75. The zero-order chi connectivity index (χ0) is 16.7. The van der Waals surface area contributed by atoms with E-state index >= 15 is 0 Å². The van der Waals surface area contributed by atoms with E-state index in [1.165, 1.54) is 0 Å². The van der Waals surface area contributed by atoms with Crippen molar-refractivity contribution in [2.24, 2.45) is 0 Å². The van der Waals surface area contributed by atoms with Crippen LogP contribution in [0.25, 0.3) is 0 Å². The van der Waals surface area contributed by atoms with Gasteiger partial charge < -0.3 is 14.8 Å². The summed E-state index contributed by atoms with van der Waals surface area (Å²) in [6.07, 6.45) is 3.66. The molecule has 4 nitrogen and oxygen atoms in total. The maximum Gasteiger partial charge on any atom is 0.180 e. The number of hydrogen-bond acceptors (Lipinski definition) is 4. The number of benzene rings is 1. The number of pyridine rings is 1. The lowest BCUT2D eigenvalue weighted by atomic mass is 10.2. The highest BCUT2D eigenvalue weighted by Gasteiger charge is 2.13. The van der Waals surface area contributed by atoms with Gasteiger partial charge in [-0.25, -0.2) is 0 Å². The number of ether oxygens (including phenoxy) is 2. The molecule has 23 heavy (non-hydrogen) atoms. The third kappa shape index (κ3) is 5.41. The molecule has 0 amide bonds. The van der Waals surface area contributed by atoms with Crippen LogP contribution in [0.3, 0.4) is 0 Å². The normalized spacial score (nSPS) is 10.8. The van der Waals surface area contributed by atoms with E-state index < -0.39 is 0 Å². The Morgan fingerprint density at radius 3 is 2.65 bits per heavy atom. The summed E-state index contributed by atoms with van der Waals surface area (Å²) < 4.78 is 11.4. The van der Waals surface area contributed by atoms with Crippen molar-refractivity contribution in [2.45, 2.75) is 40.0 Å². The maximum atomic E-state index is 6.37. The molecular formula is C18H23ClN2O2. The van der Waals surface area contributed by atoms with Crippen LogP contribution < -0.4 is 14.8 Å². The van der Waals surface area contributed by atoms with E-state index in [1.807, 2.05) is 51.2 Å². The van der Waals surface area contributed by atoms with Crippen LogP contribution in [-0.2, 0) is 13.1 Å². The molecule has 5 heteroatoms. The molecule has 0 unspecified atom stereocenters. The Hall–Kier alpha value is -1.78. The van der Waals surface area contributed by atoms with Crippen LogP contribution in [0.1, 0.15) is 31.9 Å². The average Bonchev–Trinajstić information content (AvgIpc) is 2.52. The summed E-state index contributed by atoms with van der Waals surface area (Å²) in [6, 6.07) is 7.86. The topological polar surface area (TPSA) is 43.4 Å². The largest absolute Gasteiger partial charge is 0.490 e. The molecule has 1 heterocycles. The first-order valence-corrected chi connectivity index (χ1v) is 8.19. The first-order valence-electron chi connectivity index (χ1n) is 7.81. The fraction of sp³-hybridized carbons (Fsp3) is 0.389. The van der Waals surface area contributed by atoms with Gasteiger partial charge in [0.15, 0.2) is 11.5 Å². The van der Waals surface area contributed by atoms with E-state index in [0.717, 1.165) is 17.7 Å². The monoisotopic (exact) mass is 334 g/mol. The molecule has 1 aromatic heterocycles. The summed E-state index contributed by atoms with van der Waals surface area (Å²) in [4.78, 5) is 4.10. The Morgan fingerprint density at radius 1 is 1.22 bits per heavy atom. The molecule has 0 spiro atoms.